The third kappa shape index (κ3) is 3.87. The lowest BCUT2D eigenvalue weighted by Crippen LogP contribution is -2.44. The molecule has 0 saturated heterocycles. The summed E-state index contributed by atoms with van der Waals surface area (Å²) in [6.45, 7) is 2.00. The van der Waals surface area contributed by atoms with Gasteiger partial charge in [0.2, 0.25) is 0 Å². The Bertz CT molecular complexity index is 367. The second-order valence-electron chi connectivity index (χ2n) is 3.89. The number of hydrogen-bond donors (Lipinski definition) is 2. The van der Waals surface area contributed by atoms with Crippen molar-refractivity contribution in [2.75, 3.05) is 0 Å². The lowest BCUT2D eigenvalue weighted by molar-refractivity contribution is -0.144. The summed E-state index contributed by atoms with van der Waals surface area (Å²) in [5.74, 6) is -0.997. The molecule has 1 atom stereocenters. The second kappa shape index (κ2) is 6.84. The second-order valence-corrected chi connectivity index (χ2v) is 4.32. The largest absolute Gasteiger partial charge is 0.480 e. The van der Waals surface area contributed by atoms with Gasteiger partial charge in [-0.05, 0) is 24.1 Å². The maximum absolute atomic E-state index is 11.3. The minimum atomic E-state index is -1.30. The highest BCUT2D eigenvalue weighted by atomic mass is 35.5. The molecule has 0 saturated carbocycles. The molecule has 0 amide bonds. The molecule has 0 bridgehead atoms. The van der Waals surface area contributed by atoms with Crippen LogP contribution in [0.25, 0.3) is 0 Å². The maximum Gasteiger partial charge on any atom is 0.328 e. The Labute approximate surface area is 112 Å². The predicted molar refractivity (Wildman–Crippen MR) is 71.7 cm³/mol. The van der Waals surface area contributed by atoms with E-state index in [0.29, 0.717) is 17.0 Å². The van der Waals surface area contributed by atoms with Crippen LogP contribution < -0.4 is 5.73 Å². The molecule has 0 fully saturated rings. The van der Waals surface area contributed by atoms with Crippen molar-refractivity contribution in [1.29, 1.82) is 0 Å². The summed E-state index contributed by atoms with van der Waals surface area (Å²) in [5.41, 5.74) is 5.25. The van der Waals surface area contributed by atoms with Gasteiger partial charge in [-0.2, -0.15) is 0 Å². The molecule has 3 N–H and O–H groups in total. The van der Waals surface area contributed by atoms with Gasteiger partial charge in [-0.25, -0.2) is 4.79 Å². The Hall–Kier alpha value is -0.770. The smallest absolute Gasteiger partial charge is 0.328 e. The Kier molecular flexibility index (Phi) is 6.53. The summed E-state index contributed by atoms with van der Waals surface area (Å²) in [7, 11) is 0. The molecule has 0 aliphatic rings. The van der Waals surface area contributed by atoms with Gasteiger partial charge in [0, 0.05) is 5.02 Å². The van der Waals surface area contributed by atoms with Gasteiger partial charge >= 0.3 is 5.97 Å². The van der Waals surface area contributed by atoms with Gasteiger partial charge in [-0.1, -0.05) is 43.5 Å². The van der Waals surface area contributed by atoms with Crippen molar-refractivity contribution in [2.24, 2.45) is 5.73 Å². The van der Waals surface area contributed by atoms with Crippen molar-refractivity contribution in [2.45, 2.75) is 31.7 Å². The van der Waals surface area contributed by atoms with Crippen LogP contribution >= 0.6 is 24.0 Å². The van der Waals surface area contributed by atoms with Gasteiger partial charge < -0.3 is 10.8 Å². The third-order valence-corrected chi connectivity index (χ3v) is 2.92. The highest BCUT2D eigenvalue weighted by molar-refractivity contribution is 6.30. The summed E-state index contributed by atoms with van der Waals surface area (Å²) >= 11 is 5.76. The number of nitrogens with two attached hydrogens (primary N) is 1. The Morgan fingerprint density at radius 1 is 1.41 bits per heavy atom. The van der Waals surface area contributed by atoms with E-state index in [4.69, 9.17) is 17.3 Å². The number of hydrogen-bond acceptors (Lipinski definition) is 2. The number of carbonyl (C=O) groups is 1. The summed E-state index contributed by atoms with van der Waals surface area (Å²) < 4.78 is 0. The van der Waals surface area contributed by atoms with Gasteiger partial charge in [0.1, 0.15) is 5.54 Å². The van der Waals surface area contributed by atoms with Gasteiger partial charge in [-0.15, -0.1) is 12.4 Å². The van der Waals surface area contributed by atoms with E-state index >= 15 is 0 Å². The van der Waals surface area contributed by atoms with E-state index in [0.717, 1.165) is 12.8 Å². The topological polar surface area (TPSA) is 63.3 Å². The molecule has 96 valence electrons. The molecule has 17 heavy (non-hydrogen) atoms. The van der Waals surface area contributed by atoms with Crippen LogP contribution in [0.1, 0.15) is 31.7 Å². The predicted octanol–water partition coefficient (Wildman–Crippen LogP) is 3.19. The molecule has 1 aromatic rings. The van der Waals surface area contributed by atoms with Crippen LogP contribution in [0.3, 0.4) is 0 Å². The van der Waals surface area contributed by atoms with E-state index in [1.807, 2.05) is 6.92 Å². The third-order valence-electron chi connectivity index (χ3n) is 2.67. The quantitative estimate of drug-likeness (QED) is 0.869. The molecule has 1 rings (SSSR count). The summed E-state index contributed by atoms with van der Waals surface area (Å²) in [5, 5.41) is 9.80. The summed E-state index contributed by atoms with van der Waals surface area (Å²) in [6.07, 6.45) is 2.13. The zero-order chi connectivity index (χ0) is 12.2. The normalized spacial score (nSPS) is 13.6. The molecule has 5 heteroatoms. The summed E-state index contributed by atoms with van der Waals surface area (Å²) in [6, 6.07) is 6.67. The zero-order valence-corrected chi connectivity index (χ0v) is 11.2. The van der Waals surface area contributed by atoms with Crippen molar-refractivity contribution in [3.63, 3.8) is 0 Å². The van der Waals surface area contributed by atoms with Crippen LogP contribution in [0.15, 0.2) is 24.3 Å². The standard InChI is InChI=1S/C12H16ClNO2.ClH/c1-2-3-8-12(14,11(15)16)9-4-6-10(13)7-5-9;/h4-7H,2-3,8,14H2,1H3,(H,15,16);1H. The highest BCUT2D eigenvalue weighted by Gasteiger charge is 2.35. The van der Waals surface area contributed by atoms with Crippen LogP contribution in [0.2, 0.25) is 5.02 Å². The van der Waals surface area contributed by atoms with E-state index in [1.165, 1.54) is 0 Å². The van der Waals surface area contributed by atoms with Gasteiger partial charge in [0.25, 0.3) is 0 Å². The van der Waals surface area contributed by atoms with Gasteiger partial charge in [-0.3, -0.25) is 0 Å². The van der Waals surface area contributed by atoms with Crippen LogP contribution in [-0.4, -0.2) is 11.1 Å². The molecule has 0 spiro atoms. The van der Waals surface area contributed by atoms with Gasteiger partial charge in [0.05, 0.1) is 0 Å². The molecule has 0 aromatic heterocycles. The minimum absolute atomic E-state index is 0. The number of benzene rings is 1. The van der Waals surface area contributed by atoms with E-state index < -0.39 is 11.5 Å². The average molecular weight is 278 g/mol. The molecule has 0 heterocycles. The Morgan fingerprint density at radius 2 is 1.94 bits per heavy atom. The van der Waals surface area contributed by atoms with Crippen molar-refractivity contribution in [3.05, 3.63) is 34.9 Å². The lowest BCUT2D eigenvalue weighted by atomic mass is 9.86. The van der Waals surface area contributed by atoms with Crippen LogP contribution in [-0.2, 0) is 10.3 Å². The summed E-state index contributed by atoms with van der Waals surface area (Å²) in [4.78, 5) is 11.3. The molecule has 3 nitrogen and oxygen atoms in total. The van der Waals surface area contributed by atoms with E-state index in [-0.39, 0.29) is 12.4 Å². The molecule has 1 unspecified atom stereocenters. The first-order chi connectivity index (χ1) is 7.50. The maximum atomic E-state index is 11.3. The zero-order valence-electron chi connectivity index (χ0n) is 9.65. The fourth-order valence-corrected chi connectivity index (χ4v) is 1.70. The fraction of sp³-hybridized carbons (Fsp3) is 0.417. The Balaban J connectivity index is 0.00000256. The molecule has 0 aliphatic carbocycles. The molecular formula is C12H17Cl2NO2. The monoisotopic (exact) mass is 277 g/mol. The van der Waals surface area contributed by atoms with Crippen LogP contribution in [0.4, 0.5) is 0 Å². The highest BCUT2D eigenvalue weighted by Crippen LogP contribution is 2.26. The van der Waals surface area contributed by atoms with E-state index in [9.17, 15) is 9.90 Å². The van der Waals surface area contributed by atoms with Crippen molar-refractivity contribution >= 4 is 30.0 Å². The molecule has 1 aromatic carbocycles. The molecular weight excluding hydrogens is 261 g/mol. The Morgan fingerprint density at radius 3 is 2.35 bits per heavy atom. The van der Waals surface area contributed by atoms with Crippen LogP contribution in [0, 0.1) is 0 Å². The number of rotatable bonds is 5. The average Bonchev–Trinajstić information content (AvgIpc) is 2.26. The first-order valence-electron chi connectivity index (χ1n) is 5.29. The molecule has 0 aliphatic heterocycles. The number of carboxylic acids is 1. The van der Waals surface area contributed by atoms with Gasteiger partial charge in [0.15, 0.2) is 0 Å². The molecule has 0 radical (unpaired) electrons. The van der Waals surface area contributed by atoms with E-state index in [1.54, 1.807) is 24.3 Å². The first-order valence-corrected chi connectivity index (χ1v) is 5.67. The minimum Gasteiger partial charge on any atom is -0.480 e. The number of aliphatic carboxylic acids is 1. The van der Waals surface area contributed by atoms with Crippen LogP contribution in [0.5, 0.6) is 0 Å². The SMILES string of the molecule is CCCCC(N)(C(=O)O)c1ccc(Cl)cc1.Cl. The lowest BCUT2D eigenvalue weighted by Gasteiger charge is -2.25. The van der Waals surface area contributed by atoms with E-state index in [2.05, 4.69) is 0 Å². The van der Waals surface area contributed by atoms with Crippen molar-refractivity contribution in [3.8, 4) is 0 Å². The number of unbranched alkanes of at least 4 members (excludes halogenated alkanes) is 1. The fourth-order valence-electron chi connectivity index (χ4n) is 1.58. The van der Waals surface area contributed by atoms with Crippen molar-refractivity contribution < 1.29 is 9.90 Å². The number of carboxylic acid groups (broad SMARTS) is 1. The van der Waals surface area contributed by atoms with Crippen molar-refractivity contribution in [1.82, 2.24) is 0 Å². The first kappa shape index (κ1) is 16.2. The number of halogens is 2.